The molecule has 0 saturated carbocycles. The van der Waals surface area contributed by atoms with Crippen molar-refractivity contribution >= 4 is 5.91 Å². The van der Waals surface area contributed by atoms with E-state index in [9.17, 15) is 4.79 Å². The first-order valence-electron chi connectivity index (χ1n) is 3.98. The molecule has 1 heterocycles. The van der Waals surface area contributed by atoms with Gasteiger partial charge in [-0.3, -0.25) is 9.69 Å². The topological polar surface area (TPSA) is 58.4 Å². The number of likely N-dealkylation sites (N-methyl/N-ethyl adjacent to an activating group) is 1. The predicted molar refractivity (Wildman–Crippen MR) is 43.1 cm³/mol. The van der Waals surface area contributed by atoms with Gasteiger partial charge in [0, 0.05) is 13.1 Å². The van der Waals surface area contributed by atoms with E-state index in [0.717, 1.165) is 13.1 Å². The smallest absolute Gasteiger partial charge is 0.234 e. The first kappa shape index (κ1) is 8.49. The average Bonchev–Trinajstić information content (AvgIpc) is 2.03. The Balaban J connectivity index is 2.43. The minimum absolute atomic E-state index is 0.0913. The molecular formula is C7H15N3O. The fraction of sp³-hybridized carbons (Fsp3) is 0.857. The van der Waals surface area contributed by atoms with E-state index in [4.69, 9.17) is 5.73 Å². The fourth-order valence-electron chi connectivity index (χ4n) is 1.27. The van der Waals surface area contributed by atoms with Gasteiger partial charge in [0.15, 0.2) is 0 Å². The van der Waals surface area contributed by atoms with E-state index in [-0.39, 0.29) is 11.9 Å². The molecule has 0 aromatic rings. The summed E-state index contributed by atoms with van der Waals surface area (Å²) in [4.78, 5) is 13.1. The Morgan fingerprint density at radius 3 is 3.09 bits per heavy atom. The molecule has 0 aromatic heterocycles. The summed E-state index contributed by atoms with van der Waals surface area (Å²) in [6, 6.07) is 0.149. The Labute approximate surface area is 66.7 Å². The highest BCUT2D eigenvalue weighted by atomic mass is 16.2. The van der Waals surface area contributed by atoms with Crippen LogP contribution >= 0.6 is 0 Å². The third-order valence-electron chi connectivity index (χ3n) is 1.94. The van der Waals surface area contributed by atoms with Crippen molar-refractivity contribution in [1.29, 1.82) is 0 Å². The van der Waals surface area contributed by atoms with Crippen molar-refractivity contribution < 1.29 is 4.79 Å². The number of hydrogen-bond acceptors (Lipinski definition) is 3. The molecule has 0 bridgehead atoms. The van der Waals surface area contributed by atoms with Gasteiger partial charge in [-0.2, -0.15) is 0 Å². The quantitative estimate of drug-likeness (QED) is 0.527. The molecule has 1 unspecified atom stereocenters. The van der Waals surface area contributed by atoms with Crippen LogP contribution in [0.4, 0.5) is 0 Å². The maximum atomic E-state index is 11.0. The lowest BCUT2D eigenvalue weighted by atomic mass is 10.2. The van der Waals surface area contributed by atoms with Crippen molar-refractivity contribution in [3.05, 3.63) is 0 Å². The van der Waals surface area contributed by atoms with E-state index < -0.39 is 0 Å². The summed E-state index contributed by atoms with van der Waals surface area (Å²) in [7, 11) is 0. The normalized spacial score (nSPS) is 26.7. The van der Waals surface area contributed by atoms with Crippen LogP contribution in [0.1, 0.15) is 6.92 Å². The molecule has 1 saturated heterocycles. The van der Waals surface area contributed by atoms with Crippen molar-refractivity contribution in [1.82, 2.24) is 10.2 Å². The van der Waals surface area contributed by atoms with Crippen LogP contribution < -0.4 is 11.1 Å². The van der Waals surface area contributed by atoms with E-state index in [2.05, 4.69) is 10.2 Å². The van der Waals surface area contributed by atoms with Gasteiger partial charge in [-0.15, -0.1) is 0 Å². The van der Waals surface area contributed by atoms with Crippen molar-refractivity contribution in [2.45, 2.75) is 13.0 Å². The fourth-order valence-corrected chi connectivity index (χ4v) is 1.27. The Bertz CT molecular complexity index is 135. The number of hydrogen-bond donors (Lipinski definition) is 2. The predicted octanol–water partition coefficient (Wildman–Crippen LogP) is -1.23. The SMILES string of the molecule is CCN1CC(=O)NC(CN)C1. The van der Waals surface area contributed by atoms with Gasteiger partial charge in [0.1, 0.15) is 0 Å². The molecule has 1 rings (SSSR count). The molecule has 4 nitrogen and oxygen atoms in total. The van der Waals surface area contributed by atoms with Crippen LogP contribution in [-0.4, -0.2) is 43.0 Å². The Kier molecular flexibility index (Phi) is 2.84. The molecule has 1 fully saturated rings. The van der Waals surface area contributed by atoms with Gasteiger partial charge < -0.3 is 11.1 Å². The van der Waals surface area contributed by atoms with Gasteiger partial charge in [0.05, 0.1) is 12.6 Å². The van der Waals surface area contributed by atoms with E-state index in [1.165, 1.54) is 0 Å². The summed E-state index contributed by atoms with van der Waals surface area (Å²) < 4.78 is 0. The number of carbonyl (C=O) groups is 1. The first-order valence-corrected chi connectivity index (χ1v) is 3.98. The van der Waals surface area contributed by atoms with Crippen LogP contribution in [0.25, 0.3) is 0 Å². The third kappa shape index (κ3) is 2.17. The van der Waals surface area contributed by atoms with Crippen LogP contribution in [0.5, 0.6) is 0 Å². The van der Waals surface area contributed by atoms with Gasteiger partial charge in [0.2, 0.25) is 5.91 Å². The lowest BCUT2D eigenvalue weighted by molar-refractivity contribution is -0.125. The third-order valence-corrected chi connectivity index (χ3v) is 1.94. The van der Waals surface area contributed by atoms with Crippen molar-refractivity contribution in [2.24, 2.45) is 5.73 Å². The van der Waals surface area contributed by atoms with Crippen molar-refractivity contribution in [3.8, 4) is 0 Å². The highest BCUT2D eigenvalue weighted by Gasteiger charge is 2.21. The van der Waals surface area contributed by atoms with Gasteiger partial charge in [-0.25, -0.2) is 0 Å². The Morgan fingerprint density at radius 2 is 2.55 bits per heavy atom. The molecule has 0 spiro atoms. The van der Waals surface area contributed by atoms with Crippen molar-refractivity contribution in [2.75, 3.05) is 26.2 Å². The number of nitrogens with one attached hydrogen (secondary N) is 1. The molecule has 1 atom stereocenters. The maximum Gasteiger partial charge on any atom is 0.234 e. The van der Waals surface area contributed by atoms with E-state index in [0.29, 0.717) is 13.1 Å². The summed E-state index contributed by atoms with van der Waals surface area (Å²) in [6.07, 6.45) is 0. The molecule has 1 aliphatic heterocycles. The number of rotatable bonds is 2. The van der Waals surface area contributed by atoms with Gasteiger partial charge >= 0.3 is 0 Å². The number of nitrogens with zero attached hydrogens (tertiary/aromatic N) is 1. The van der Waals surface area contributed by atoms with Crippen molar-refractivity contribution in [3.63, 3.8) is 0 Å². The molecule has 11 heavy (non-hydrogen) atoms. The molecule has 1 amide bonds. The molecule has 64 valence electrons. The molecule has 1 aliphatic rings. The van der Waals surface area contributed by atoms with E-state index in [1.54, 1.807) is 0 Å². The second kappa shape index (κ2) is 3.69. The van der Waals surface area contributed by atoms with E-state index in [1.807, 2.05) is 6.92 Å². The number of nitrogens with two attached hydrogens (primary N) is 1. The maximum absolute atomic E-state index is 11.0. The monoisotopic (exact) mass is 157 g/mol. The van der Waals surface area contributed by atoms with Gasteiger partial charge in [-0.05, 0) is 6.54 Å². The second-order valence-electron chi connectivity index (χ2n) is 2.83. The number of piperazine rings is 1. The van der Waals surface area contributed by atoms with Crippen LogP contribution in [0.15, 0.2) is 0 Å². The second-order valence-corrected chi connectivity index (χ2v) is 2.83. The standard InChI is InChI=1S/C7H15N3O/c1-2-10-4-6(3-8)9-7(11)5-10/h6H,2-5,8H2,1H3,(H,9,11). The Morgan fingerprint density at radius 1 is 1.82 bits per heavy atom. The van der Waals surface area contributed by atoms with Crippen LogP contribution in [0.3, 0.4) is 0 Å². The minimum atomic E-state index is 0.0913. The lowest BCUT2D eigenvalue weighted by Gasteiger charge is -2.31. The molecule has 0 aliphatic carbocycles. The highest BCUT2D eigenvalue weighted by Crippen LogP contribution is 1.97. The highest BCUT2D eigenvalue weighted by molar-refractivity contribution is 5.79. The van der Waals surface area contributed by atoms with Crippen LogP contribution in [0.2, 0.25) is 0 Å². The molecule has 4 heteroatoms. The molecule has 0 aromatic carbocycles. The van der Waals surface area contributed by atoms with Gasteiger partial charge in [-0.1, -0.05) is 6.92 Å². The summed E-state index contributed by atoms with van der Waals surface area (Å²) in [5.41, 5.74) is 5.44. The van der Waals surface area contributed by atoms with Crippen LogP contribution in [-0.2, 0) is 4.79 Å². The zero-order chi connectivity index (χ0) is 8.27. The summed E-state index contributed by atoms with van der Waals surface area (Å²) >= 11 is 0. The summed E-state index contributed by atoms with van der Waals surface area (Å²) in [5, 5.41) is 2.82. The largest absolute Gasteiger partial charge is 0.350 e. The lowest BCUT2D eigenvalue weighted by Crippen LogP contribution is -2.56. The first-order chi connectivity index (χ1) is 5.26. The minimum Gasteiger partial charge on any atom is -0.350 e. The van der Waals surface area contributed by atoms with E-state index >= 15 is 0 Å². The molecule has 3 N–H and O–H groups in total. The number of carbonyl (C=O) groups excluding carboxylic acids is 1. The zero-order valence-electron chi connectivity index (χ0n) is 6.84. The molecule has 0 radical (unpaired) electrons. The van der Waals surface area contributed by atoms with Crippen LogP contribution in [0, 0.1) is 0 Å². The summed E-state index contributed by atoms with van der Waals surface area (Å²) in [5.74, 6) is 0.0913. The zero-order valence-corrected chi connectivity index (χ0v) is 6.84. The Hall–Kier alpha value is -0.610. The number of amides is 1. The summed E-state index contributed by atoms with van der Waals surface area (Å²) in [6.45, 7) is 4.91. The van der Waals surface area contributed by atoms with Gasteiger partial charge in [0.25, 0.3) is 0 Å². The average molecular weight is 157 g/mol. The molecular weight excluding hydrogens is 142 g/mol.